The molecule has 2 rings (SSSR count). The molecule has 18 heavy (non-hydrogen) atoms. The smallest absolute Gasteiger partial charge is 0.315 e. The van der Waals surface area contributed by atoms with Crippen molar-refractivity contribution in [2.24, 2.45) is 5.92 Å². The molecule has 0 radical (unpaired) electrons. The summed E-state index contributed by atoms with van der Waals surface area (Å²) in [6.45, 7) is 9.10. The van der Waals surface area contributed by atoms with Gasteiger partial charge in [0.15, 0.2) is 0 Å². The van der Waals surface area contributed by atoms with Crippen LogP contribution in [0.4, 0.5) is 6.01 Å². The SMILES string of the molecule is CC(CC1CC1)Nc1nnc(CNC(C)(C)C)o1. The van der Waals surface area contributed by atoms with Crippen molar-refractivity contribution in [3.63, 3.8) is 0 Å². The van der Waals surface area contributed by atoms with Gasteiger partial charge in [0, 0.05) is 11.6 Å². The Kier molecular flexibility index (Phi) is 3.90. The molecule has 0 aliphatic heterocycles. The fourth-order valence-electron chi connectivity index (χ4n) is 1.85. The van der Waals surface area contributed by atoms with Crippen LogP contribution >= 0.6 is 0 Å². The van der Waals surface area contributed by atoms with E-state index < -0.39 is 0 Å². The lowest BCUT2D eigenvalue weighted by Crippen LogP contribution is -2.35. The molecule has 1 aliphatic carbocycles. The molecule has 0 bridgehead atoms. The van der Waals surface area contributed by atoms with E-state index in [2.05, 4.69) is 48.5 Å². The van der Waals surface area contributed by atoms with Crippen LogP contribution in [0, 0.1) is 5.92 Å². The van der Waals surface area contributed by atoms with Gasteiger partial charge in [0.05, 0.1) is 6.54 Å². The highest BCUT2D eigenvalue weighted by Gasteiger charge is 2.24. The van der Waals surface area contributed by atoms with Crippen molar-refractivity contribution in [2.75, 3.05) is 5.32 Å². The van der Waals surface area contributed by atoms with Crippen LogP contribution in [-0.4, -0.2) is 21.8 Å². The van der Waals surface area contributed by atoms with E-state index in [9.17, 15) is 0 Å². The number of nitrogens with zero attached hydrogens (tertiary/aromatic N) is 2. The minimum Gasteiger partial charge on any atom is -0.407 e. The standard InChI is InChI=1S/C13H24N4O/c1-9(7-10-5-6-10)15-12-17-16-11(18-12)8-14-13(2,3)4/h9-10,14H,5-8H2,1-4H3,(H,15,17). The summed E-state index contributed by atoms with van der Waals surface area (Å²) in [6, 6.07) is 0.940. The van der Waals surface area contributed by atoms with Crippen LogP contribution in [0.15, 0.2) is 4.42 Å². The molecule has 0 saturated heterocycles. The minimum absolute atomic E-state index is 0.0569. The second-order valence-electron chi connectivity index (χ2n) is 6.33. The lowest BCUT2D eigenvalue weighted by atomic mass is 10.1. The van der Waals surface area contributed by atoms with E-state index in [0.717, 1.165) is 5.92 Å². The van der Waals surface area contributed by atoms with Crippen LogP contribution in [0.1, 0.15) is 52.8 Å². The maximum absolute atomic E-state index is 5.56. The monoisotopic (exact) mass is 252 g/mol. The quantitative estimate of drug-likeness (QED) is 0.814. The Bertz CT molecular complexity index is 379. The van der Waals surface area contributed by atoms with Gasteiger partial charge in [-0.1, -0.05) is 17.9 Å². The zero-order valence-corrected chi connectivity index (χ0v) is 11.8. The Hall–Kier alpha value is -1.10. The average Bonchev–Trinajstić information content (AvgIpc) is 2.93. The Morgan fingerprint density at radius 1 is 1.33 bits per heavy atom. The average molecular weight is 252 g/mol. The molecule has 1 fully saturated rings. The molecule has 1 aromatic heterocycles. The molecular formula is C13H24N4O. The molecule has 5 nitrogen and oxygen atoms in total. The fraction of sp³-hybridized carbons (Fsp3) is 0.846. The first-order valence-corrected chi connectivity index (χ1v) is 6.76. The van der Waals surface area contributed by atoms with E-state index in [1.54, 1.807) is 0 Å². The lowest BCUT2D eigenvalue weighted by Gasteiger charge is -2.18. The molecule has 0 amide bonds. The summed E-state index contributed by atoms with van der Waals surface area (Å²) < 4.78 is 5.56. The van der Waals surface area contributed by atoms with Gasteiger partial charge in [0.2, 0.25) is 5.89 Å². The van der Waals surface area contributed by atoms with Gasteiger partial charge in [0.1, 0.15) is 0 Å². The maximum Gasteiger partial charge on any atom is 0.315 e. The molecule has 1 aliphatic rings. The minimum atomic E-state index is 0.0569. The van der Waals surface area contributed by atoms with Gasteiger partial charge in [-0.2, -0.15) is 0 Å². The van der Waals surface area contributed by atoms with Crippen molar-refractivity contribution >= 4 is 6.01 Å². The summed E-state index contributed by atoms with van der Waals surface area (Å²) in [6.07, 6.45) is 3.94. The van der Waals surface area contributed by atoms with E-state index in [1.165, 1.54) is 19.3 Å². The summed E-state index contributed by atoms with van der Waals surface area (Å²) in [5.41, 5.74) is 0.0569. The number of aromatic nitrogens is 2. The maximum atomic E-state index is 5.56. The zero-order chi connectivity index (χ0) is 13.2. The molecule has 0 aromatic carbocycles. The predicted octanol–water partition coefficient (Wildman–Crippen LogP) is 2.56. The number of hydrogen-bond acceptors (Lipinski definition) is 5. The number of rotatable bonds is 6. The largest absolute Gasteiger partial charge is 0.407 e. The molecule has 1 atom stereocenters. The fourth-order valence-corrected chi connectivity index (χ4v) is 1.85. The third-order valence-corrected chi connectivity index (χ3v) is 2.99. The summed E-state index contributed by atoms with van der Waals surface area (Å²) in [4.78, 5) is 0. The van der Waals surface area contributed by atoms with Gasteiger partial charge in [-0.25, -0.2) is 0 Å². The van der Waals surface area contributed by atoms with Gasteiger partial charge < -0.3 is 15.1 Å². The van der Waals surface area contributed by atoms with Crippen molar-refractivity contribution in [1.29, 1.82) is 0 Å². The van der Waals surface area contributed by atoms with Crippen LogP contribution in [0.3, 0.4) is 0 Å². The van der Waals surface area contributed by atoms with E-state index in [1.807, 2.05) is 0 Å². The number of anilines is 1. The number of nitrogens with one attached hydrogen (secondary N) is 2. The first kappa shape index (κ1) is 13.3. The van der Waals surface area contributed by atoms with Gasteiger partial charge in [-0.3, -0.25) is 0 Å². The second kappa shape index (κ2) is 5.26. The molecule has 1 aromatic rings. The summed E-state index contributed by atoms with van der Waals surface area (Å²) >= 11 is 0. The Labute approximate surface area is 109 Å². The van der Waals surface area contributed by atoms with Crippen LogP contribution in [0.25, 0.3) is 0 Å². The normalized spacial score (nSPS) is 17.8. The topological polar surface area (TPSA) is 63.0 Å². The number of hydrogen-bond donors (Lipinski definition) is 2. The van der Waals surface area contributed by atoms with Crippen molar-refractivity contribution in [2.45, 2.75) is 65.1 Å². The van der Waals surface area contributed by atoms with Gasteiger partial charge >= 0.3 is 6.01 Å². The summed E-state index contributed by atoms with van der Waals surface area (Å²) in [5, 5.41) is 14.6. The summed E-state index contributed by atoms with van der Waals surface area (Å²) in [7, 11) is 0. The van der Waals surface area contributed by atoms with Gasteiger partial charge in [-0.15, -0.1) is 5.10 Å². The van der Waals surface area contributed by atoms with Crippen molar-refractivity contribution < 1.29 is 4.42 Å². The molecule has 5 heteroatoms. The third-order valence-electron chi connectivity index (χ3n) is 2.99. The Morgan fingerprint density at radius 2 is 2.06 bits per heavy atom. The van der Waals surface area contributed by atoms with E-state index in [-0.39, 0.29) is 5.54 Å². The van der Waals surface area contributed by atoms with Crippen molar-refractivity contribution in [1.82, 2.24) is 15.5 Å². The first-order chi connectivity index (χ1) is 8.42. The van der Waals surface area contributed by atoms with Crippen LogP contribution < -0.4 is 10.6 Å². The highest BCUT2D eigenvalue weighted by atomic mass is 16.4. The van der Waals surface area contributed by atoms with Gasteiger partial charge in [0.25, 0.3) is 0 Å². The van der Waals surface area contributed by atoms with Crippen molar-refractivity contribution in [3.05, 3.63) is 5.89 Å². The zero-order valence-electron chi connectivity index (χ0n) is 11.8. The van der Waals surface area contributed by atoms with Crippen LogP contribution in [0.2, 0.25) is 0 Å². The van der Waals surface area contributed by atoms with Gasteiger partial charge in [-0.05, 0) is 40.0 Å². The van der Waals surface area contributed by atoms with Crippen LogP contribution in [-0.2, 0) is 6.54 Å². The van der Waals surface area contributed by atoms with E-state index in [4.69, 9.17) is 4.42 Å². The molecular weight excluding hydrogens is 228 g/mol. The lowest BCUT2D eigenvalue weighted by molar-refractivity contribution is 0.383. The third kappa shape index (κ3) is 4.64. The first-order valence-electron chi connectivity index (χ1n) is 6.76. The molecule has 2 N–H and O–H groups in total. The molecule has 1 heterocycles. The molecule has 1 saturated carbocycles. The molecule has 1 unspecified atom stereocenters. The van der Waals surface area contributed by atoms with E-state index in [0.29, 0.717) is 24.5 Å². The second-order valence-corrected chi connectivity index (χ2v) is 6.33. The summed E-state index contributed by atoms with van der Waals surface area (Å²) in [5.74, 6) is 1.53. The van der Waals surface area contributed by atoms with Crippen LogP contribution in [0.5, 0.6) is 0 Å². The highest BCUT2D eigenvalue weighted by Crippen LogP contribution is 2.33. The molecule has 0 spiro atoms. The Morgan fingerprint density at radius 3 is 2.67 bits per heavy atom. The predicted molar refractivity (Wildman–Crippen MR) is 71.3 cm³/mol. The highest BCUT2D eigenvalue weighted by molar-refractivity contribution is 5.19. The van der Waals surface area contributed by atoms with Crippen molar-refractivity contribution in [3.8, 4) is 0 Å². The molecule has 102 valence electrons. The van der Waals surface area contributed by atoms with E-state index >= 15 is 0 Å². The Balaban J connectivity index is 1.77.